The van der Waals surface area contributed by atoms with Gasteiger partial charge in [-0.05, 0) is 73.1 Å². The second-order valence-corrected chi connectivity index (χ2v) is 15.9. The average molecular weight is 809 g/mol. The van der Waals surface area contributed by atoms with Gasteiger partial charge in [-0.25, -0.2) is 4.79 Å². The van der Waals surface area contributed by atoms with Crippen LogP contribution < -0.4 is 21.7 Å². The van der Waals surface area contributed by atoms with Crippen LogP contribution in [0.15, 0.2) is 140 Å². The van der Waals surface area contributed by atoms with Crippen molar-refractivity contribution in [3.05, 3.63) is 167 Å². The average Bonchev–Trinajstić information content (AvgIpc) is 3.58. The minimum Gasteiger partial charge on any atom is -0.459 e. The number of nitrogens with two attached hydrogens (primary N) is 1. The van der Waals surface area contributed by atoms with Crippen molar-refractivity contribution in [1.29, 1.82) is 0 Å². The zero-order chi connectivity index (χ0) is 42.9. The molecule has 0 heterocycles. The molecule has 11 nitrogen and oxygen atoms in total. The second-order valence-electron chi connectivity index (χ2n) is 15.9. The second kappa shape index (κ2) is 19.1. The molecule has 0 saturated carbocycles. The van der Waals surface area contributed by atoms with Gasteiger partial charge in [0.05, 0.1) is 24.3 Å². The van der Waals surface area contributed by atoms with Crippen LogP contribution in [0.1, 0.15) is 74.3 Å². The fourth-order valence-electron chi connectivity index (χ4n) is 7.78. The number of benzene rings is 5. The van der Waals surface area contributed by atoms with Crippen LogP contribution in [0.4, 0.5) is 0 Å². The number of ether oxygens (including phenoxy) is 2. The molecule has 5 aromatic carbocycles. The molecule has 3 amide bonds. The van der Waals surface area contributed by atoms with E-state index in [0.29, 0.717) is 0 Å². The molecule has 310 valence electrons. The third kappa shape index (κ3) is 10.0. The molecule has 5 N–H and O–H groups in total. The summed E-state index contributed by atoms with van der Waals surface area (Å²) in [5, 5.41) is 8.32. The Morgan fingerprint density at radius 1 is 0.667 bits per heavy atom. The molecular formula is C49H52N4O7. The molecule has 0 spiro atoms. The van der Waals surface area contributed by atoms with Crippen molar-refractivity contribution in [2.75, 3.05) is 13.2 Å². The van der Waals surface area contributed by atoms with E-state index in [2.05, 4.69) is 16.0 Å². The molecule has 6 rings (SSSR count). The van der Waals surface area contributed by atoms with E-state index in [9.17, 15) is 24.0 Å². The predicted molar refractivity (Wildman–Crippen MR) is 229 cm³/mol. The quantitative estimate of drug-likeness (QED) is 0.0510. The maximum atomic E-state index is 14.2. The summed E-state index contributed by atoms with van der Waals surface area (Å²) in [7, 11) is 0. The Morgan fingerprint density at radius 2 is 1.13 bits per heavy atom. The molecule has 3 atom stereocenters. The van der Waals surface area contributed by atoms with Gasteiger partial charge in [0.1, 0.15) is 18.2 Å². The van der Waals surface area contributed by atoms with Gasteiger partial charge in [0, 0.05) is 12.3 Å². The number of hydrogen-bond acceptors (Lipinski definition) is 8. The molecule has 0 unspecified atom stereocenters. The number of carbonyl (C=O) groups excluding carboxylic acids is 5. The SMILES string of the molecule is C[C@@H](OC(C)(C)C)[C@H](N)C(=O)NCC(=O)N[C@@H](CCC(=O)NC(c1ccccc1)(c1ccccc1)c1ccccc1)C(=O)C(=O)OCC1c2ccccc2-c2ccccc21. The zero-order valence-electron chi connectivity index (χ0n) is 34.4. The van der Waals surface area contributed by atoms with Crippen molar-refractivity contribution in [3.63, 3.8) is 0 Å². The van der Waals surface area contributed by atoms with Crippen LogP contribution in [-0.4, -0.2) is 66.4 Å². The smallest absolute Gasteiger partial charge is 0.376 e. The molecule has 0 aromatic heterocycles. The fraction of sp³-hybridized carbons (Fsp3) is 0.286. The molecule has 1 aliphatic rings. The summed E-state index contributed by atoms with van der Waals surface area (Å²) in [6, 6.07) is 41.7. The lowest BCUT2D eigenvalue weighted by atomic mass is 9.77. The number of nitrogens with one attached hydrogen (secondary N) is 3. The van der Waals surface area contributed by atoms with Crippen LogP contribution in [0.2, 0.25) is 0 Å². The molecule has 11 heteroatoms. The number of amides is 3. The first-order chi connectivity index (χ1) is 28.8. The van der Waals surface area contributed by atoms with E-state index in [1.807, 2.05) is 160 Å². The van der Waals surface area contributed by atoms with E-state index in [-0.39, 0.29) is 25.4 Å². The number of Topliss-reactive ketones (excluding diaryl/α,β-unsaturated/α-hetero) is 1. The van der Waals surface area contributed by atoms with E-state index >= 15 is 0 Å². The predicted octanol–water partition coefficient (Wildman–Crippen LogP) is 5.93. The lowest BCUT2D eigenvalue weighted by Crippen LogP contribution is -2.53. The van der Waals surface area contributed by atoms with E-state index < -0.39 is 65.3 Å². The first-order valence-corrected chi connectivity index (χ1v) is 20.2. The van der Waals surface area contributed by atoms with Gasteiger partial charge in [-0.1, -0.05) is 140 Å². The molecule has 60 heavy (non-hydrogen) atoms. The van der Waals surface area contributed by atoms with E-state index in [1.165, 1.54) is 0 Å². The highest BCUT2D eigenvalue weighted by atomic mass is 16.5. The molecule has 5 aromatic rings. The van der Waals surface area contributed by atoms with Crippen LogP contribution in [0.25, 0.3) is 11.1 Å². The third-order valence-electron chi connectivity index (χ3n) is 10.6. The number of rotatable bonds is 17. The Labute approximate surface area is 351 Å². The van der Waals surface area contributed by atoms with Gasteiger partial charge >= 0.3 is 5.97 Å². The fourth-order valence-corrected chi connectivity index (χ4v) is 7.78. The highest BCUT2D eigenvalue weighted by Gasteiger charge is 2.39. The van der Waals surface area contributed by atoms with E-state index in [0.717, 1.165) is 38.9 Å². The number of fused-ring (bicyclic) bond motifs is 3. The number of carbonyl (C=O) groups is 5. The molecule has 1 aliphatic carbocycles. The Balaban J connectivity index is 1.21. The molecular weight excluding hydrogens is 757 g/mol. The zero-order valence-corrected chi connectivity index (χ0v) is 34.4. The van der Waals surface area contributed by atoms with Crippen molar-refractivity contribution < 1.29 is 33.4 Å². The van der Waals surface area contributed by atoms with Crippen LogP contribution in [0.3, 0.4) is 0 Å². The van der Waals surface area contributed by atoms with Crippen LogP contribution in [-0.2, 0) is 39.0 Å². The maximum Gasteiger partial charge on any atom is 0.376 e. The minimum absolute atomic E-state index is 0.115. The van der Waals surface area contributed by atoms with Gasteiger partial charge in [0.2, 0.25) is 17.7 Å². The Morgan fingerprint density at radius 3 is 1.62 bits per heavy atom. The van der Waals surface area contributed by atoms with E-state index in [4.69, 9.17) is 15.2 Å². The molecule has 0 bridgehead atoms. The Kier molecular flexibility index (Phi) is 13.7. The first-order valence-electron chi connectivity index (χ1n) is 20.2. The number of esters is 1. The topological polar surface area (TPSA) is 166 Å². The maximum absolute atomic E-state index is 14.2. The van der Waals surface area contributed by atoms with Gasteiger partial charge in [0.25, 0.3) is 5.78 Å². The third-order valence-corrected chi connectivity index (χ3v) is 10.6. The summed E-state index contributed by atoms with van der Waals surface area (Å²) >= 11 is 0. The summed E-state index contributed by atoms with van der Waals surface area (Å²) in [4.78, 5) is 68.0. The normalized spacial score (nSPS) is 13.8. The Hall–Kier alpha value is -6.43. The van der Waals surface area contributed by atoms with Gasteiger partial charge < -0.3 is 31.2 Å². The van der Waals surface area contributed by atoms with Gasteiger partial charge in [0.15, 0.2) is 0 Å². The summed E-state index contributed by atoms with van der Waals surface area (Å²) in [6.07, 6.45) is -1.18. The van der Waals surface area contributed by atoms with Crippen molar-refractivity contribution in [2.45, 2.75) is 75.8 Å². The standard InChI is InChI=1S/C49H52N4O7/c1-32(60-48(2,3)4)44(50)46(57)51-30-43(55)52-41(45(56)47(58)59-31-40-38-26-16-14-24-36(38)37-25-15-17-27-39(37)40)28-29-42(54)53-49(33-18-8-5-9-19-33,34-20-10-6-11-21-34)35-22-12-7-13-23-35/h5-27,32,40-41,44H,28-31,50H2,1-4H3,(H,51,57)(H,52,55)(H,53,54)/t32-,41+,44+/m1/s1. The lowest BCUT2D eigenvalue weighted by Gasteiger charge is -2.37. The highest BCUT2D eigenvalue weighted by molar-refractivity contribution is 6.36. The van der Waals surface area contributed by atoms with Gasteiger partial charge in [-0.3, -0.25) is 19.2 Å². The van der Waals surface area contributed by atoms with Crippen LogP contribution >= 0.6 is 0 Å². The monoisotopic (exact) mass is 808 g/mol. The van der Waals surface area contributed by atoms with Crippen LogP contribution in [0, 0.1) is 0 Å². The van der Waals surface area contributed by atoms with Crippen molar-refractivity contribution in [2.24, 2.45) is 5.73 Å². The summed E-state index contributed by atoms with van der Waals surface area (Å²) in [5.74, 6) is -4.35. The molecule has 0 radical (unpaired) electrons. The minimum atomic E-state index is -1.47. The van der Waals surface area contributed by atoms with Crippen LogP contribution in [0.5, 0.6) is 0 Å². The number of hydrogen-bond donors (Lipinski definition) is 4. The summed E-state index contributed by atoms with van der Waals surface area (Å²) in [5.41, 5.74) is 10.8. The largest absolute Gasteiger partial charge is 0.459 e. The summed E-state index contributed by atoms with van der Waals surface area (Å²) < 4.78 is 11.5. The molecule has 0 saturated heterocycles. The highest BCUT2D eigenvalue weighted by Crippen LogP contribution is 2.44. The first kappa shape index (κ1) is 43.2. The molecule has 0 aliphatic heterocycles. The Bertz CT molecular complexity index is 2150. The van der Waals surface area contributed by atoms with Crippen molar-refractivity contribution in [3.8, 4) is 11.1 Å². The van der Waals surface area contributed by atoms with E-state index in [1.54, 1.807) is 6.92 Å². The van der Waals surface area contributed by atoms with Gasteiger partial charge in [-0.2, -0.15) is 0 Å². The lowest BCUT2D eigenvalue weighted by molar-refractivity contribution is -0.155. The summed E-state index contributed by atoms with van der Waals surface area (Å²) in [6.45, 7) is 6.50. The molecule has 0 fully saturated rings. The number of ketones is 1. The van der Waals surface area contributed by atoms with Crippen molar-refractivity contribution in [1.82, 2.24) is 16.0 Å². The van der Waals surface area contributed by atoms with Crippen molar-refractivity contribution >= 4 is 29.5 Å². The van der Waals surface area contributed by atoms with Gasteiger partial charge in [-0.15, -0.1) is 0 Å².